The molecule has 6 rings (SSSR count). The summed E-state index contributed by atoms with van der Waals surface area (Å²) in [5.74, 6) is -0.843. The van der Waals surface area contributed by atoms with E-state index in [-0.39, 0.29) is 58.5 Å². The summed E-state index contributed by atoms with van der Waals surface area (Å²) in [6.07, 6.45) is 2.97. The fourth-order valence-electron chi connectivity index (χ4n) is 6.60. The molecular weight excluding hydrogens is 814 g/mol. The van der Waals surface area contributed by atoms with Crippen molar-refractivity contribution in [2.24, 2.45) is 0 Å². The number of fused-ring (bicyclic) bond motifs is 4. The minimum absolute atomic E-state index is 0. The van der Waals surface area contributed by atoms with E-state index in [1.165, 1.54) is 49.4 Å². The maximum atomic E-state index is 13.6. The molecule has 0 fully saturated rings. The Morgan fingerprint density at radius 3 is 1.08 bits per heavy atom. The number of alkyl halides is 1. The molecule has 59 heavy (non-hydrogen) atoms. The number of hydrogen-bond acceptors (Lipinski definition) is 8. The summed E-state index contributed by atoms with van der Waals surface area (Å²) in [5.41, 5.74) is 1.72. The van der Waals surface area contributed by atoms with Crippen LogP contribution in [0.3, 0.4) is 0 Å². The third-order valence-electron chi connectivity index (χ3n) is 9.45. The molecule has 2 N–H and O–H groups in total. The van der Waals surface area contributed by atoms with Crippen LogP contribution in [0, 0.1) is 0 Å². The largest absolute Gasteiger partial charge is 0.507 e. The van der Waals surface area contributed by atoms with Gasteiger partial charge in [0.25, 0.3) is 0 Å². The topological polar surface area (TPSA) is 127 Å². The molecule has 4 aromatic rings. The van der Waals surface area contributed by atoms with Gasteiger partial charge in [-0.3, -0.25) is 19.2 Å². The van der Waals surface area contributed by atoms with E-state index in [2.05, 4.69) is 79.4 Å². The first kappa shape index (κ1) is 48.5. The van der Waals surface area contributed by atoms with Crippen molar-refractivity contribution in [2.45, 2.75) is 26.7 Å². The first-order chi connectivity index (χ1) is 27.1. The molecule has 0 saturated heterocycles. The lowest BCUT2D eigenvalue weighted by atomic mass is 9.83. The van der Waals surface area contributed by atoms with Gasteiger partial charge in [-0.15, -0.1) is 0 Å². The second-order valence-electron chi connectivity index (χ2n) is 17.6. The summed E-state index contributed by atoms with van der Waals surface area (Å²) in [4.78, 5) is 51.2. The zero-order valence-corrected chi connectivity index (χ0v) is 36.9. The van der Waals surface area contributed by atoms with Gasteiger partial charge >= 0.3 is 0 Å². The van der Waals surface area contributed by atoms with Gasteiger partial charge < -0.3 is 33.1 Å². The fourth-order valence-corrected chi connectivity index (χ4v) is 6.85. The number of hydrogen-bond donors (Lipinski definition) is 2. The zero-order valence-electron chi connectivity index (χ0n) is 35.4. The molecule has 0 radical (unpaired) electrons. The van der Waals surface area contributed by atoms with Gasteiger partial charge in [-0.25, -0.2) is 0 Å². The Bertz CT molecular complexity index is 2010. The molecule has 0 saturated carbocycles. The predicted octanol–water partition coefficient (Wildman–Crippen LogP) is 7.40. The van der Waals surface area contributed by atoms with Crippen molar-refractivity contribution < 1.29 is 52.3 Å². The summed E-state index contributed by atoms with van der Waals surface area (Å²) in [5, 5.41) is 20.5. The van der Waals surface area contributed by atoms with Gasteiger partial charge in [0.15, 0.2) is 11.6 Å². The van der Waals surface area contributed by atoms with E-state index in [0.717, 1.165) is 44.7 Å². The summed E-state index contributed by atoms with van der Waals surface area (Å²) in [6, 6.07) is 19.2. The fraction of sp³-hybridized carbons (Fsp3) is 0.404. The lowest BCUT2D eigenvalue weighted by molar-refractivity contribution is -0.870. The zero-order chi connectivity index (χ0) is 43.0. The number of carbonyl (C=O) groups excluding carboxylic acids is 4. The highest BCUT2D eigenvalue weighted by molar-refractivity contribution is 9.09. The van der Waals surface area contributed by atoms with Crippen LogP contribution in [-0.4, -0.2) is 148 Å². The van der Waals surface area contributed by atoms with Crippen molar-refractivity contribution in [3.8, 4) is 23.0 Å². The molecule has 12 heteroatoms. The second-order valence-corrected chi connectivity index (χ2v) is 18.4. The van der Waals surface area contributed by atoms with Crippen molar-refractivity contribution >= 4 is 39.1 Å². The summed E-state index contributed by atoms with van der Waals surface area (Å²) >= 11 is 3.39. The lowest BCUT2D eigenvalue weighted by Gasteiger charge is -2.25. The summed E-state index contributed by atoms with van der Waals surface area (Å²) < 4.78 is 14.7. The van der Waals surface area contributed by atoms with Crippen LogP contribution in [0.1, 0.15) is 90.4 Å². The lowest BCUT2D eigenvalue weighted by Crippen LogP contribution is -2.36. The Morgan fingerprint density at radius 1 is 0.458 bits per heavy atom. The minimum atomic E-state index is -0.532. The maximum absolute atomic E-state index is 13.6. The number of phenols is 2. The average molecular weight is 878 g/mol. The molecule has 11 nitrogen and oxygen atoms in total. The SMILES string of the molecule is C.C[N+](C)(C)CCCBr.C[N+](C)(C)CCCOc1cccc2c1C(=O)c1c(OCCC[N+](C)(C)C)cccc1C2=O.O=C1c2cccc(O)c2C(=O)c2c(O)cccc21. The Labute approximate surface area is 358 Å². The number of aromatic hydroxyl groups is 2. The van der Waals surface area contributed by atoms with Crippen LogP contribution in [-0.2, 0) is 0 Å². The number of phenolic OH excluding ortho intramolecular Hbond substituents is 2. The van der Waals surface area contributed by atoms with Gasteiger partial charge in [-0.2, -0.15) is 0 Å². The Balaban J connectivity index is 0.000000287. The summed E-state index contributed by atoms with van der Waals surface area (Å²) in [7, 11) is 19.4. The van der Waals surface area contributed by atoms with Crippen molar-refractivity contribution in [3.05, 3.63) is 117 Å². The van der Waals surface area contributed by atoms with Gasteiger partial charge in [0.05, 0.1) is 119 Å². The van der Waals surface area contributed by atoms with Crippen LogP contribution >= 0.6 is 15.9 Å². The van der Waals surface area contributed by atoms with Crippen LogP contribution in [0.2, 0.25) is 0 Å². The van der Waals surface area contributed by atoms with Crippen LogP contribution in [0.5, 0.6) is 23.0 Å². The molecule has 4 aromatic carbocycles. The second kappa shape index (κ2) is 20.4. The van der Waals surface area contributed by atoms with Crippen LogP contribution in [0.25, 0.3) is 0 Å². The van der Waals surface area contributed by atoms with Crippen molar-refractivity contribution in [2.75, 3.05) is 102 Å². The Morgan fingerprint density at radius 2 is 0.763 bits per heavy atom. The molecule has 0 bridgehead atoms. The van der Waals surface area contributed by atoms with E-state index in [9.17, 15) is 29.4 Å². The number of quaternary nitrogens is 3. The van der Waals surface area contributed by atoms with E-state index in [1.54, 1.807) is 36.4 Å². The van der Waals surface area contributed by atoms with Crippen molar-refractivity contribution in [3.63, 3.8) is 0 Å². The number of ether oxygens (including phenoxy) is 2. The van der Waals surface area contributed by atoms with E-state index in [1.807, 2.05) is 0 Å². The van der Waals surface area contributed by atoms with Gasteiger partial charge in [0.2, 0.25) is 11.6 Å². The van der Waals surface area contributed by atoms with Crippen molar-refractivity contribution in [1.82, 2.24) is 0 Å². The quantitative estimate of drug-likeness (QED) is 0.0699. The Hall–Kier alpha value is -4.88. The van der Waals surface area contributed by atoms with Gasteiger partial charge in [0.1, 0.15) is 23.0 Å². The first-order valence-corrected chi connectivity index (χ1v) is 20.6. The number of rotatable bonds is 13. The van der Waals surface area contributed by atoms with E-state index >= 15 is 0 Å². The molecule has 0 aromatic heterocycles. The normalized spacial score (nSPS) is 13.0. The maximum Gasteiger partial charge on any atom is 0.201 e. The minimum Gasteiger partial charge on any atom is -0.507 e. The number of halogens is 1. The van der Waals surface area contributed by atoms with Gasteiger partial charge in [-0.05, 0) is 24.3 Å². The molecule has 0 atom stereocenters. The highest BCUT2D eigenvalue weighted by Gasteiger charge is 2.35. The molecule has 0 aliphatic heterocycles. The Kier molecular flexibility index (Phi) is 16.8. The van der Waals surface area contributed by atoms with Gasteiger partial charge in [-0.1, -0.05) is 71.9 Å². The molecule has 0 amide bonds. The average Bonchev–Trinajstić information content (AvgIpc) is 3.14. The van der Waals surface area contributed by atoms with E-state index in [0.29, 0.717) is 47.0 Å². The highest BCUT2D eigenvalue weighted by atomic mass is 79.9. The first-order valence-electron chi connectivity index (χ1n) is 19.5. The molecule has 2 aliphatic carbocycles. The van der Waals surface area contributed by atoms with E-state index < -0.39 is 5.78 Å². The van der Waals surface area contributed by atoms with Gasteiger partial charge in [0, 0.05) is 46.8 Å². The molecule has 0 heterocycles. The van der Waals surface area contributed by atoms with Crippen LogP contribution in [0.15, 0.2) is 72.8 Å². The third-order valence-corrected chi connectivity index (χ3v) is 10.0. The predicted molar refractivity (Wildman–Crippen MR) is 237 cm³/mol. The van der Waals surface area contributed by atoms with E-state index in [4.69, 9.17) is 9.47 Å². The van der Waals surface area contributed by atoms with Crippen molar-refractivity contribution in [1.29, 1.82) is 0 Å². The third kappa shape index (κ3) is 12.8. The number of benzene rings is 4. The van der Waals surface area contributed by atoms with Crippen LogP contribution < -0.4 is 9.47 Å². The molecule has 2 aliphatic rings. The summed E-state index contributed by atoms with van der Waals surface area (Å²) in [6.45, 7) is 4.14. The van der Waals surface area contributed by atoms with Crippen LogP contribution in [0.4, 0.5) is 0 Å². The highest BCUT2D eigenvalue weighted by Crippen LogP contribution is 2.38. The molecule has 318 valence electrons. The molecule has 0 unspecified atom stereocenters. The molecule has 0 spiro atoms. The standard InChI is InChI=1S/C26H36N2O4.C14H8O4.C6H15BrN.CH4/c1-27(2,3)15-9-17-31-21-13-7-11-19-23(21)26(30)24-20(25(19)29)12-8-14-22(24)32-18-10-16-28(4,5)6;15-9-5-1-3-7-11(9)14(18)12-8(13(7)17)4-2-6-10(12)16;1-8(2,3)6-4-5-7;/h7-8,11-14H,9-10,15-18H2,1-6H3;1-6,15-16H;4-6H2,1-3H3;1H4/q+2;;+1;. The number of ketones is 4. The smallest absolute Gasteiger partial charge is 0.201 e. The monoisotopic (exact) mass is 876 g/mol. The number of carbonyl (C=O) groups is 4. The number of nitrogens with zero attached hydrogens (tertiary/aromatic N) is 3. The molecular formula is C47H63BrN3O8+3.